The van der Waals surface area contributed by atoms with E-state index in [4.69, 9.17) is 20.3 Å². The minimum absolute atomic E-state index is 0.177. The molecule has 0 aliphatic rings. The Labute approximate surface area is 138 Å². The van der Waals surface area contributed by atoms with Crippen molar-refractivity contribution in [3.05, 3.63) is 18.2 Å². The van der Waals surface area contributed by atoms with Crippen LogP contribution >= 0.6 is 0 Å². The Hall–Kier alpha value is -1.95. The van der Waals surface area contributed by atoms with Crippen LogP contribution < -0.4 is 20.5 Å². The van der Waals surface area contributed by atoms with Crippen molar-refractivity contribution in [3.8, 4) is 11.5 Å². The third-order valence-corrected chi connectivity index (χ3v) is 3.52. The van der Waals surface area contributed by atoms with Gasteiger partial charge in [0.15, 0.2) is 17.5 Å². The molecule has 0 spiro atoms. The number of guanidine groups is 1. The lowest BCUT2D eigenvalue weighted by atomic mass is 9.94. The number of nitrogens with two attached hydrogens (primary N) is 1. The summed E-state index contributed by atoms with van der Waals surface area (Å²) in [5.74, 6) is 2.55. The summed E-state index contributed by atoms with van der Waals surface area (Å²) in [4.78, 5) is 4.39. The van der Waals surface area contributed by atoms with Crippen LogP contribution in [-0.2, 0) is 0 Å². The largest absolute Gasteiger partial charge is 0.493 e. The summed E-state index contributed by atoms with van der Waals surface area (Å²) in [6.45, 7) is 5.11. The lowest BCUT2D eigenvalue weighted by Crippen LogP contribution is -2.24. The van der Waals surface area contributed by atoms with Gasteiger partial charge in [-0.15, -0.1) is 0 Å². The fourth-order valence-electron chi connectivity index (χ4n) is 2.46. The Kier molecular flexibility index (Phi) is 8.26. The van der Waals surface area contributed by atoms with Gasteiger partial charge in [0, 0.05) is 24.9 Å². The Morgan fingerprint density at radius 3 is 2.52 bits per heavy atom. The highest BCUT2D eigenvalue weighted by atomic mass is 16.5. The molecule has 0 saturated carbocycles. The zero-order valence-electron chi connectivity index (χ0n) is 14.5. The standard InChI is InChI=1S/C17H29N3O3/c1-12(2)9-13(7-8-21)11-19-17(18)20-14-5-6-15(22-3)16(10-14)23-4/h5-6,10,12-13,21H,7-9,11H2,1-4H3,(H3,18,19,20). The first-order valence-electron chi connectivity index (χ1n) is 7.90. The lowest BCUT2D eigenvalue weighted by molar-refractivity contribution is 0.246. The van der Waals surface area contributed by atoms with E-state index in [1.807, 2.05) is 12.1 Å². The number of anilines is 1. The van der Waals surface area contributed by atoms with Gasteiger partial charge in [-0.05, 0) is 36.8 Å². The van der Waals surface area contributed by atoms with Gasteiger partial charge in [-0.3, -0.25) is 4.99 Å². The van der Waals surface area contributed by atoms with Crippen molar-refractivity contribution in [2.24, 2.45) is 22.6 Å². The summed E-state index contributed by atoms with van der Waals surface area (Å²) in [7, 11) is 3.18. The Morgan fingerprint density at radius 1 is 1.26 bits per heavy atom. The Bertz CT molecular complexity index is 504. The van der Waals surface area contributed by atoms with Crippen molar-refractivity contribution in [1.82, 2.24) is 0 Å². The van der Waals surface area contributed by atoms with Crippen molar-refractivity contribution in [2.45, 2.75) is 26.7 Å². The number of aliphatic hydroxyl groups excluding tert-OH is 1. The van der Waals surface area contributed by atoms with Gasteiger partial charge in [-0.25, -0.2) is 0 Å². The molecule has 0 heterocycles. The summed E-state index contributed by atoms with van der Waals surface area (Å²) in [5.41, 5.74) is 6.73. The van der Waals surface area contributed by atoms with Gasteiger partial charge in [0.2, 0.25) is 0 Å². The van der Waals surface area contributed by atoms with Crippen LogP contribution in [0.1, 0.15) is 26.7 Å². The number of ether oxygens (including phenoxy) is 2. The van der Waals surface area contributed by atoms with Crippen molar-refractivity contribution in [3.63, 3.8) is 0 Å². The summed E-state index contributed by atoms with van der Waals surface area (Å²) >= 11 is 0. The first kappa shape index (κ1) is 19.1. The quantitative estimate of drug-likeness (QED) is 0.480. The highest BCUT2D eigenvalue weighted by Gasteiger charge is 2.10. The molecule has 0 bridgehead atoms. The smallest absolute Gasteiger partial charge is 0.193 e. The molecule has 1 aromatic rings. The minimum atomic E-state index is 0.177. The molecule has 130 valence electrons. The van der Waals surface area contributed by atoms with Crippen LogP contribution in [-0.4, -0.2) is 38.4 Å². The molecule has 1 aromatic carbocycles. The van der Waals surface area contributed by atoms with Crippen LogP contribution in [0.25, 0.3) is 0 Å². The molecule has 0 aliphatic carbocycles. The van der Waals surface area contributed by atoms with E-state index in [2.05, 4.69) is 24.2 Å². The zero-order valence-corrected chi connectivity index (χ0v) is 14.5. The molecule has 0 aromatic heterocycles. The highest BCUT2D eigenvalue weighted by Crippen LogP contribution is 2.29. The molecular formula is C17H29N3O3. The number of nitrogens with zero attached hydrogens (tertiary/aromatic N) is 1. The number of hydrogen-bond acceptors (Lipinski definition) is 4. The molecule has 6 nitrogen and oxygen atoms in total. The molecule has 0 saturated heterocycles. The molecular weight excluding hydrogens is 294 g/mol. The van der Waals surface area contributed by atoms with Crippen LogP contribution in [0.3, 0.4) is 0 Å². The van der Waals surface area contributed by atoms with Crippen molar-refractivity contribution >= 4 is 11.6 Å². The number of methoxy groups -OCH3 is 2. The van der Waals surface area contributed by atoms with Gasteiger partial charge in [-0.2, -0.15) is 0 Å². The molecule has 0 amide bonds. The molecule has 0 fully saturated rings. The molecule has 23 heavy (non-hydrogen) atoms. The average Bonchev–Trinajstić information content (AvgIpc) is 2.52. The summed E-state index contributed by atoms with van der Waals surface area (Å²) in [6, 6.07) is 5.46. The maximum Gasteiger partial charge on any atom is 0.193 e. The Morgan fingerprint density at radius 2 is 1.96 bits per heavy atom. The molecule has 0 aliphatic heterocycles. The lowest BCUT2D eigenvalue weighted by Gasteiger charge is -2.16. The third kappa shape index (κ3) is 6.78. The van der Waals surface area contributed by atoms with E-state index in [9.17, 15) is 0 Å². The van der Waals surface area contributed by atoms with Gasteiger partial charge >= 0.3 is 0 Å². The number of hydrogen-bond donors (Lipinski definition) is 3. The highest BCUT2D eigenvalue weighted by molar-refractivity contribution is 5.92. The SMILES string of the molecule is COc1ccc(NC(N)=NCC(CCO)CC(C)C)cc1OC. The predicted molar refractivity (Wildman–Crippen MR) is 94.3 cm³/mol. The van der Waals surface area contributed by atoms with E-state index in [1.165, 1.54) is 0 Å². The summed E-state index contributed by atoms with van der Waals surface area (Å²) in [5, 5.41) is 12.2. The topological polar surface area (TPSA) is 89.1 Å². The second-order valence-corrected chi connectivity index (χ2v) is 5.93. The summed E-state index contributed by atoms with van der Waals surface area (Å²) in [6.07, 6.45) is 1.76. The average molecular weight is 323 g/mol. The minimum Gasteiger partial charge on any atom is -0.493 e. The molecule has 1 rings (SSSR count). The number of rotatable bonds is 9. The normalized spacial score (nSPS) is 13.0. The summed E-state index contributed by atoms with van der Waals surface area (Å²) < 4.78 is 10.5. The molecule has 4 N–H and O–H groups in total. The molecule has 0 radical (unpaired) electrons. The van der Waals surface area contributed by atoms with Gasteiger partial charge < -0.3 is 25.6 Å². The van der Waals surface area contributed by atoms with E-state index < -0.39 is 0 Å². The van der Waals surface area contributed by atoms with Crippen molar-refractivity contribution in [1.29, 1.82) is 0 Å². The van der Waals surface area contributed by atoms with Gasteiger partial charge in [0.25, 0.3) is 0 Å². The van der Waals surface area contributed by atoms with Crippen LogP contribution in [0.5, 0.6) is 11.5 Å². The molecule has 1 unspecified atom stereocenters. The fourth-order valence-corrected chi connectivity index (χ4v) is 2.46. The first-order valence-corrected chi connectivity index (χ1v) is 7.90. The van der Waals surface area contributed by atoms with E-state index in [1.54, 1.807) is 20.3 Å². The van der Waals surface area contributed by atoms with E-state index in [-0.39, 0.29) is 6.61 Å². The van der Waals surface area contributed by atoms with Crippen LogP contribution in [0, 0.1) is 11.8 Å². The van der Waals surface area contributed by atoms with E-state index >= 15 is 0 Å². The monoisotopic (exact) mass is 323 g/mol. The number of benzene rings is 1. The predicted octanol–water partition coefficient (Wildman–Crippen LogP) is 2.48. The first-order chi connectivity index (χ1) is 11.0. The van der Waals surface area contributed by atoms with Crippen molar-refractivity contribution < 1.29 is 14.6 Å². The second-order valence-electron chi connectivity index (χ2n) is 5.93. The third-order valence-electron chi connectivity index (χ3n) is 3.52. The van der Waals surface area contributed by atoms with Crippen LogP contribution in [0.15, 0.2) is 23.2 Å². The number of aliphatic imine (C=N–C) groups is 1. The maximum absolute atomic E-state index is 9.14. The van der Waals surface area contributed by atoms with Crippen LogP contribution in [0.2, 0.25) is 0 Å². The Balaban J connectivity index is 2.68. The number of aliphatic hydroxyl groups is 1. The molecule has 1 atom stereocenters. The fraction of sp³-hybridized carbons (Fsp3) is 0.588. The number of nitrogens with one attached hydrogen (secondary N) is 1. The van der Waals surface area contributed by atoms with Gasteiger partial charge in [0.05, 0.1) is 14.2 Å². The maximum atomic E-state index is 9.14. The van der Waals surface area contributed by atoms with E-state index in [0.717, 1.165) is 18.5 Å². The zero-order chi connectivity index (χ0) is 17.2. The second kappa shape index (κ2) is 9.94. The van der Waals surface area contributed by atoms with Crippen LogP contribution in [0.4, 0.5) is 5.69 Å². The molecule has 6 heteroatoms. The van der Waals surface area contributed by atoms with Crippen molar-refractivity contribution in [2.75, 3.05) is 32.7 Å². The van der Waals surface area contributed by atoms with E-state index in [0.29, 0.717) is 35.8 Å². The van der Waals surface area contributed by atoms with Gasteiger partial charge in [-0.1, -0.05) is 13.8 Å². The van der Waals surface area contributed by atoms with Gasteiger partial charge in [0.1, 0.15) is 0 Å².